The lowest BCUT2D eigenvalue weighted by Crippen LogP contribution is -1.98. The van der Waals surface area contributed by atoms with Crippen LogP contribution in [0.25, 0.3) is 0 Å². The van der Waals surface area contributed by atoms with Gasteiger partial charge in [-0.15, -0.1) is 0 Å². The number of rotatable bonds is 4. The van der Waals surface area contributed by atoms with Crippen LogP contribution >= 0.6 is 0 Å². The van der Waals surface area contributed by atoms with Gasteiger partial charge in [-0.2, -0.15) is 0 Å². The first-order valence-electron chi connectivity index (χ1n) is 6.60. The molecule has 0 amide bonds. The first kappa shape index (κ1) is 13.4. The van der Waals surface area contributed by atoms with Crippen LogP contribution in [-0.2, 0) is 0 Å². The number of hydrogen-bond acceptors (Lipinski definition) is 3. The highest BCUT2D eigenvalue weighted by molar-refractivity contribution is 5.48. The Morgan fingerprint density at radius 3 is 2.74 bits per heavy atom. The molecule has 1 aromatic heterocycles. The molecule has 1 aromatic carbocycles. The van der Waals surface area contributed by atoms with Crippen molar-refractivity contribution in [2.45, 2.75) is 33.1 Å². The van der Waals surface area contributed by atoms with E-state index in [0.717, 1.165) is 17.7 Å². The molecular weight excluding hydrogens is 236 g/mol. The maximum Gasteiger partial charge on any atom is 0.221 e. The third-order valence-electron chi connectivity index (χ3n) is 3.40. The fourth-order valence-electron chi connectivity index (χ4n) is 1.89. The molecule has 0 radical (unpaired) electrons. The molecule has 3 nitrogen and oxygen atoms in total. The molecule has 0 saturated heterocycles. The zero-order chi connectivity index (χ0) is 13.8. The van der Waals surface area contributed by atoms with Crippen molar-refractivity contribution in [2.24, 2.45) is 0 Å². The second-order valence-corrected chi connectivity index (χ2v) is 4.83. The van der Waals surface area contributed by atoms with Crippen LogP contribution in [0.5, 0.6) is 11.6 Å². The van der Waals surface area contributed by atoms with Gasteiger partial charge in [-0.25, -0.2) is 4.98 Å². The van der Waals surface area contributed by atoms with Gasteiger partial charge in [0.15, 0.2) is 0 Å². The average Bonchev–Trinajstić information content (AvgIpc) is 2.43. The van der Waals surface area contributed by atoms with E-state index in [0.29, 0.717) is 17.5 Å². The second-order valence-electron chi connectivity index (χ2n) is 4.83. The summed E-state index contributed by atoms with van der Waals surface area (Å²) in [6, 6.07) is 9.84. The minimum atomic E-state index is 0.457. The summed E-state index contributed by atoms with van der Waals surface area (Å²) < 4.78 is 5.88. The molecule has 0 fully saturated rings. The standard InChI is InChI=1S/C16H20N2O/c1-4-11(2)13-7-5-6-8-15(13)19-16-9-14(17)12(3)10-18-16/h5-11H,4H2,1-3H3,(H2,17,18). The van der Waals surface area contributed by atoms with E-state index >= 15 is 0 Å². The topological polar surface area (TPSA) is 48.1 Å². The van der Waals surface area contributed by atoms with Gasteiger partial charge in [0, 0.05) is 18.0 Å². The Morgan fingerprint density at radius 1 is 1.32 bits per heavy atom. The third-order valence-corrected chi connectivity index (χ3v) is 3.40. The van der Waals surface area contributed by atoms with Crippen LogP contribution < -0.4 is 10.5 Å². The lowest BCUT2D eigenvalue weighted by atomic mass is 9.98. The van der Waals surface area contributed by atoms with Gasteiger partial charge >= 0.3 is 0 Å². The Morgan fingerprint density at radius 2 is 2.05 bits per heavy atom. The quantitative estimate of drug-likeness (QED) is 0.888. The van der Waals surface area contributed by atoms with E-state index in [1.807, 2.05) is 25.1 Å². The highest BCUT2D eigenvalue weighted by atomic mass is 16.5. The van der Waals surface area contributed by atoms with E-state index in [1.54, 1.807) is 12.3 Å². The monoisotopic (exact) mass is 256 g/mol. The van der Waals surface area contributed by atoms with Gasteiger partial charge in [-0.05, 0) is 36.5 Å². The summed E-state index contributed by atoms with van der Waals surface area (Å²) in [6.07, 6.45) is 2.81. The van der Waals surface area contributed by atoms with Crippen molar-refractivity contribution < 1.29 is 4.74 Å². The smallest absolute Gasteiger partial charge is 0.221 e. The molecule has 19 heavy (non-hydrogen) atoms. The van der Waals surface area contributed by atoms with Crippen molar-refractivity contribution >= 4 is 5.69 Å². The number of nitrogens with two attached hydrogens (primary N) is 1. The summed E-state index contributed by atoms with van der Waals surface area (Å²) in [7, 11) is 0. The number of pyridine rings is 1. The van der Waals surface area contributed by atoms with Crippen LogP contribution in [0.4, 0.5) is 5.69 Å². The molecule has 0 aliphatic rings. The SMILES string of the molecule is CCC(C)c1ccccc1Oc1cc(N)c(C)cn1. The summed E-state index contributed by atoms with van der Waals surface area (Å²) in [4.78, 5) is 4.26. The van der Waals surface area contributed by atoms with Gasteiger partial charge in [0.1, 0.15) is 5.75 Å². The molecule has 0 spiro atoms. The zero-order valence-corrected chi connectivity index (χ0v) is 11.7. The molecular formula is C16H20N2O. The van der Waals surface area contributed by atoms with E-state index < -0.39 is 0 Å². The molecule has 0 aliphatic carbocycles. The summed E-state index contributed by atoms with van der Waals surface area (Å²) >= 11 is 0. The second kappa shape index (κ2) is 5.74. The number of hydrogen-bond donors (Lipinski definition) is 1. The Kier molecular flexibility index (Phi) is 4.05. The molecule has 3 heteroatoms. The summed E-state index contributed by atoms with van der Waals surface area (Å²) in [5, 5.41) is 0. The fraction of sp³-hybridized carbons (Fsp3) is 0.312. The van der Waals surface area contributed by atoms with Crippen LogP contribution in [0, 0.1) is 6.92 Å². The molecule has 0 saturated carbocycles. The molecule has 2 rings (SSSR count). The largest absolute Gasteiger partial charge is 0.439 e. The molecule has 1 atom stereocenters. The number of nitrogen functional groups attached to an aromatic ring is 1. The number of aromatic nitrogens is 1. The van der Waals surface area contributed by atoms with Gasteiger partial charge in [-0.1, -0.05) is 32.0 Å². The van der Waals surface area contributed by atoms with Crippen molar-refractivity contribution in [3.8, 4) is 11.6 Å². The van der Waals surface area contributed by atoms with Gasteiger partial charge in [0.05, 0.1) is 0 Å². The van der Waals surface area contributed by atoms with Crippen molar-refractivity contribution in [3.63, 3.8) is 0 Å². The van der Waals surface area contributed by atoms with E-state index in [2.05, 4.69) is 24.9 Å². The number of ether oxygens (including phenoxy) is 1. The Bertz CT molecular complexity index is 566. The normalized spacial score (nSPS) is 12.2. The summed E-state index contributed by atoms with van der Waals surface area (Å²) in [5.74, 6) is 1.85. The molecule has 1 heterocycles. The summed E-state index contributed by atoms with van der Waals surface area (Å²) in [6.45, 7) is 6.29. The van der Waals surface area contributed by atoms with E-state index in [9.17, 15) is 0 Å². The Hall–Kier alpha value is -2.03. The van der Waals surface area contributed by atoms with Gasteiger partial charge < -0.3 is 10.5 Å². The molecule has 100 valence electrons. The number of anilines is 1. The van der Waals surface area contributed by atoms with E-state index in [4.69, 9.17) is 10.5 Å². The number of aryl methyl sites for hydroxylation is 1. The molecule has 1 unspecified atom stereocenters. The van der Waals surface area contributed by atoms with Crippen LogP contribution in [0.2, 0.25) is 0 Å². The average molecular weight is 256 g/mol. The van der Waals surface area contributed by atoms with Crippen molar-refractivity contribution in [1.29, 1.82) is 0 Å². The molecule has 2 N–H and O–H groups in total. The minimum Gasteiger partial charge on any atom is -0.439 e. The van der Waals surface area contributed by atoms with Crippen LogP contribution in [0.15, 0.2) is 36.5 Å². The van der Waals surface area contributed by atoms with Crippen molar-refractivity contribution in [2.75, 3.05) is 5.73 Å². The maximum absolute atomic E-state index is 5.88. The van der Waals surface area contributed by atoms with Crippen LogP contribution in [-0.4, -0.2) is 4.98 Å². The lowest BCUT2D eigenvalue weighted by molar-refractivity contribution is 0.452. The van der Waals surface area contributed by atoms with Crippen molar-refractivity contribution in [1.82, 2.24) is 4.98 Å². The zero-order valence-electron chi connectivity index (χ0n) is 11.7. The van der Waals surface area contributed by atoms with E-state index in [1.165, 1.54) is 5.56 Å². The minimum absolute atomic E-state index is 0.457. The molecule has 0 bridgehead atoms. The van der Waals surface area contributed by atoms with Crippen LogP contribution in [0.3, 0.4) is 0 Å². The first-order valence-corrected chi connectivity index (χ1v) is 6.60. The third kappa shape index (κ3) is 3.05. The Balaban J connectivity index is 2.30. The number of benzene rings is 1. The van der Waals surface area contributed by atoms with Gasteiger partial charge in [0.2, 0.25) is 5.88 Å². The van der Waals surface area contributed by atoms with Gasteiger partial charge in [0.25, 0.3) is 0 Å². The predicted octanol–water partition coefficient (Wildman–Crippen LogP) is 4.28. The highest BCUT2D eigenvalue weighted by Crippen LogP contribution is 2.31. The van der Waals surface area contributed by atoms with E-state index in [-0.39, 0.29) is 0 Å². The van der Waals surface area contributed by atoms with Gasteiger partial charge in [-0.3, -0.25) is 0 Å². The molecule has 2 aromatic rings. The summed E-state index contributed by atoms with van der Waals surface area (Å²) in [5.41, 5.74) is 8.74. The fourth-order valence-corrected chi connectivity index (χ4v) is 1.89. The first-order chi connectivity index (χ1) is 9.11. The number of nitrogens with zero attached hydrogens (tertiary/aromatic N) is 1. The number of para-hydroxylation sites is 1. The Labute approximate surface area is 114 Å². The highest BCUT2D eigenvalue weighted by Gasteiger charge is 2.11. The lowest BCUT2D eigenvalue weighted by Gasteiger charge is -2.15. The van der Waals surface area contributed by atoms with Crippen LogP contribution in [0.1, 0.15) is 37.3 Å². The molecule has 0 aliphatic heterocycles. The maximum atomic E-state index is 5.88. The predicted molar refractivity (Wildman–Crippen MR) is 78.6 cm³/mol. The van der Waals surface area contributed by atoms with Crippen molar-refractivity contribution in [3.05, 3.63) is 47.7 Å².